The SMILES string of the molecule is CCC1(CC)NC(=O)N(CC(=O)OCc2cc(=O)oc3cc(C)c(Cl)cc23)C1=O. The van der Waals surface area contributed by atoms with Gasteiger partial charge in [-0.1, -0.05) is 25.4 Å². The molecule has 154 valence electrons. The normalized spacial score (nSPS) is 15.7. The van der Waals surface area contributed by atoms with Crippen molar-refractivity contribution in [2.75, 3.05) is 6.54 Å². The van der Waals surface area contributed by atoms with Crippen LogP contribution in [0.3, 0.4) is 0 Å². The number of halogens is 1. The fourth-order valence-electron chi connectivity index (χ4n) is 3.35. The quantitative estimate of drug-likeness (QED) is 0.437. The first-order valence-corrected chi connectivity index (χ1v) is 9.61. The number of rotatable bonds is 6. The molecule has 29 heavy (non-hydrogen) atoms. The van der Waals surface area contributed by atoms with Crippen LogP contribution < -0.4 is 10.9 Å². The van der Waals surface area contributed by atoms with Crippen molar-refractivity contribution in [2.45, 2.75) is 45.8 Å². The fraction of sp³-hybridized carbons (Fsp3) is 0.400. The summed E-state index contributed by atoms with van der Waals surface area (Å²) in [5.41, 5.74) is -0.0867. The fourth-order valence-corrected chi connectivity index (χ4v) is 3.51. The number of ether oxygens (including phenoxy) is 1. The molecule has 0 spiro atoms. The van der Waals surface area contributed by atoms with E-state index >= 15 is 0 Å². The van der Waals surface area contributed by atoms with Crippen LogP contribution in [0.5, 0.6) is 0 Å². The van der Waals surface area contributed by atoms with Crippen LogP contribution in [0.2, 0.25) is 5.02 Å². The number of hydrogen-bond donors (Lipinski definition) is 1. The Morgan fingerprint density at radius 1 is 1.21 bits per heavy atom. The first-order chi connectivity index (χ1) is 13.7. The standard InChI is InChI=1S/C20H21ClN2O6/c1-4-20(5-2)18(26)23(19(27)22-20)9-17(25)28-10-12-7-16(24)29-15-6-11(3)14(21)8-13(12)15/h6-8H,4-5,9-10H2,1-3H3,(H,22,27). The number of carbonyl (C=O) groups is 3. The monoisotopic (exact) mass is 420 g/mol. The molecule has 8 nitrogen and oxygen atoms in total. The predicted molar refractivity (Wildman–Crippen MR) is 106 cm³/mol. The zero-order valence-corrected chi connectivity index (χ0v) is 17.1. The molecule has 0 radical (unpaired) electrons. The number of amides is 3. The lowest BCUT2D eigenvalue weighted by molar-refractivity contribution is -0.148. The maximum absolute atomic E-state index is 12.6. The minimum atomic E-state index is -0.986. The van der Waals surface area contributed by atoms with Gasteiger partial charge in [0.25, 0.3) is 5.91 Å². The highest BCUT2D eigenvalue weighted by molar-refractivity contribution is 6.32. The van der Waals surface area contributed by atoms with Gasteiger partial charge in [0.2, 0.25) is 0 Å². The molecule has 1 N–H and O–H groups in total. The lowest BCUT2D eigenvalue weighted by Crippen LogP contribution is -2.46. The van der Waals surface area contributed by atoms with Crippen molar-refractivity contribution in [1.29, 1.82) is 0 Å². The molecule has 1 aliphatic heterocycles. The molecule has 2 aromatic rings. The van der Waals surface area contributed by atoms with Crippen molar-refractivity contribution < 1.29 is 23.5 Å². The Kier molecular flexibility index (Phi) is 5.66. The number of aryl methyl sites for hydroxylation is 1. The highest BCUT2D eigenvalue weighted by atomic mass is 35.5. The molecule has 0 bridgehead atoms. The van der Waals surface area contributed by atoms with Crippen LogP contribution in [-0.4, -0.2) is 34.9 Å². The van der Waals surface area contributed by atoms with Crippen LogP contribution in [0.1, 0.15) is 37.8 Å². The van der Waals surface area contributed by atoms with Crippen LogP contribution in [0.15, 0.2) is 27.4 Å². The van der Waals surface area contributed by atoms with Gasteiger partial charge < -0.3 is 14.5 Å². The zero-order valence-electron chi connectivity index (χ0n) is 16.3. The number of hydrogen-bond acceptors (Lipinski definition) is 6. The third kappa shape index (κ3) is 3.85. The Labute approximate surface area is 171 Å². The number of esters is 1. The Morgan fingerprint density at radius 3 is 2.52 bits per heavy atom. The van der Waals surface area contributed by atoms with Gasteiger partial charge in [-0.05, 0) is 37.5 Å². The predicted octanol–water partition coefficient (Wildman–Crippen LogP) is 2.91. The van der Waals surface area contributed by atoms with Gasteiger partial charge >= 0.3 is 17.6 Å². The number of benzene rings is 1. The lowest BCUT2D eigenvalue weighted by atomic mass is 9.93. The van der Waals surface area contributed by atoms with E-state index in [0.717, 1.165) is 10.5 Å². The lowest BCUT2D eigenvalue weighted by Gasteiger charge is -2.22. The van der Waals surface area contributed by atoms with E-state index in [4.69, 9.17) is 20.8 Å². The molecular formula is C20H21ClN2O6. The summed E-state index contributed by atoms with van der Waals surface area (Å²) in [6.07, 6.45) is 0.844. The van der Waals surface area contributed by atoms with Crippen molar-refractivity contribution in [3.05, 3.63) is 44.8 Å². The highest BCUT2D eigenvalue weighted by Gasteiger charge is 2.49. The average molecular weight is 421 g/mol. The molecule has 0 unspecified atom stereocenters. The van der Waals surface area contributed by atoms with Crippen LogP contribution in [0.25, 0.3) is 11.0 Å². The molecule has 2 heterocycles. The average Bonchev–Trinajstić information content (AvgIpc) is 2.92. The van der Waals surface area contributed by atoms with E-state index in [0.29, 0.717) is 34.4 Å². The zero-order chi connectivity index (χ0) is 21.3. The van der Waals surface area contributed by atoms with E-state index in [9.17, 15) is 19.2 Å². The summed E-state index contributed by atoms with van der Waals surface area (Å²) in [5.74, 6) is -1.21. The van der Waals surface area contributed by atoms with E-state index in [2.05, 4.69) is 5.32 Å². The Hall–Kier alpha value is -2.87. The van der Waals surface area contributed by atoms with Crippen LogP contribution >= 0.6 is 11.6 Å². The van der Waals surface area contributed by atoms with Crippen molar-refractivity contribution in [3.8, 4) is 0 Å². The van der Waals surface area contributed by atoms with Crippen molar-refractivity contribution in [2.24, 2.45) is 0 Å². The Bertz CT molecular complexity index is 1060. The largest absolute Gasteiger partial charge is 0.459 e. The number of nitrogens with zero attached hydrogens (tertiary/aromatic N) is 1. The second-order valence-corrected chi connectivity index (χ2v) is 7.37. The summed E-state index contributed by atoms with van der Waals surface area (Å²) in [7, 11) is 0. The Morgan fingerprint density at radius 2 is 1.90 bits per heavy atom. The highest BCUT2D eigenvalue weighted by Crippen LogP contribution is 2.26. The van der Waals surface area contributed by atoms with Gasteiger partial charge in [-0.15, -0.1) is 0 Å². The number of fused-ring (bicyclic) bond motifs is 1. The Balaban J connectivity index is 1.75. The molecule has 3 amide bonds. The number of urea groups is 1. The molecule has 1 aromatic heterocycles. The van der Waals surface area contributed by atoms with E-state index in [-0.39, 0.29) is 6.61 Å². The van der Waals surface area contributed by atoms with Crippen molar-refractivity contribution >= 4 is 40.5 Å². The van der Waals surface area contributed by atoms with Gasteiger partial charge in [0, 0.05) is 22.0 Å². The summed E-state index contributed by atoms with van der Waals surface area (Å²) in [5, 5.41) is 3.67. The topological polar surface area (TPSA) is 106 Å². The van der Waals surface area contributed by atoms with E-state index < -0.39 is 35.6 Å². The summed E-state index contributed by atoms with van der Waals surface area (Å²) >= 11 is 6.15. The molecule has 9 heteroatoms. The van der Waals surface area contributed by atoms with Gasteiger partial charge in [-0.2, -0.15) is 0 Å². The minimum absolute atomic E-state index is 0.226. The molecule has 1 aromatic carbocycles. The van der Waals surface area contributed by atoms with Gasteiger partial charge in [0.15, 0.2) is 0 Å². The maximum Gasteiger partial charge on any atom is 0.336 e. The number of carbonyl (C=O) groups excluding carboxylic acids is 3. The van der Waals surface area contributed by atoms with Gasteiger partial charge in [-0.3, -0.25) is 14.5 Å². The van der Waals surface area contributed by atoms with Gasteiger partial charge in [-0.25, -0.2) is 9.59 Å². The van der Waals surface area contributed by atoms with Crippen LogP contribution in [0, 0.1) is 6.92 Å². The molecule has 3 rings (SSSR count). The second kappa shape index (κ2) is 7.87. The summed E-state index contributed by atoms with van der Waals surface area (Å²) < 4.78 is 10.4. The molecule has 1 aliphatic rings. The van der Waals surface area contributed by atoms with E-state index in [1.165, 1.54) is 6.07 Å². The third-order valence-corrected chi connectivity index (χ3v) is 5.65. The number of nitrogens with one attached hydrogen (secondary N) is 1. The van der Waals surface area contributed by atoms with Crippen molar-refractivity contribution in [1.82, 2.24) is 10.2 Å². The molecule has 1 fully saturated rings. The summed E-state index contributed by atoms with van der Waals surface area (Å²) in [6.45, 7) is 4.63. The summed E-state index contributed by atoms with van der Waals surface area (Å²) in [6, 6.07) is 3.86. The first kappa shape index (κ1) is 20.9. The van der Waals surface area contributed by atoms with E-state index in [1.807, 2.05) is 0 Å². The van der Waals surface area contributed by atoms with Crippen molar-refractivity contribution in [3.63, 3.8) is 0 Å². The molecule has 0 atom stereocenters. The second-order valence-electron chi connectivity index (χ2n) is 6.96. The minimum Gasteiger partial charge on any atom is -0.459 e. The molecule has 0 aliphatic carbocycles. The van der Waals surface area contributed by atoms with Gasteiger partial charge in [0.1, 0.15) is 24.3 Å². The maximum atomic E-state index is 12.6. The van der Waals surface area contributed by atoms with Gasteiger partial charge in [0.05, 0.1) is 0 Å². The first-order valence-electron chi connectivity index (χ1n) is 9.23. The number of imide groups is 1. The molecule has 0 saturated carbocycles. The van der Waals surface area contributed by atoms with Crippen LogP contribution in [0.4, 0.5) is 4.79 Å². The molecule has 1 saturated heterocycles. The molecular weight excluding hydrogens is 400 g/mol. The summed E-state index contributed by atoms with van der Waals surface area (Å²) in [4.78, 5) is 49.6. The van der Waals surface area contributed by atoms with Crippen LogP contribution in [-0.2, 0) is 20.9 Å². The third-order valence-electron chi connectivity index (χ3n) is 5.24. The smallest absolute Gasteiger partial charge is 0.336 e. The van der Waals surface area contributed by atoms with E-state index in [1.54, 1.807) is 32.9 Å².